The average Bonchev–Trinajstić information content (AvgIpc) is 2.47. The van der Waals surface area contributed by atoms with Crippen LogP contribution in [0.5, 0.6) is 0 Å². The van der Waals surface area contributed by atoms with E-state index in [4.69, 9.17) is 0 Å². The maximum Gasteiger partial charge on any atom is 0.0403 e. The molecule has 1 aromatic rings. The molecule has 0 radical (unpaired) electrons. The lowest BCUT2D eigenvalue weighted by Gasteiger charge is -2.37. The van der Waals surface area contributed by atoms with E-state index >= 15 is 0 Å². The van der Waals surface area contributed by atoms with Gasteiger partial charge in [-0.15, -0.1) is 0 Å². The van der Waals surface area contributed by atoms with E-state index in [9.17, 15) is 0 Å². The Morgan fingerprint density at radius 3 is 2.78 bits per heavy atom. The van der Waals surface area contributed by atoms with Gasteiger partial charge in [-0.25, -0.2) is 0 Å². The second-order valence-corrected chi connectivity index (χ2v) is 5.26. The smallest absolute Gasteiger partial charge is 0.0403 e. The number of anilines is 1. The van der Waals surface area contributed by atoms with Crippen molar-refractivity contribution in [1.82, 2.24) is 10.2 Å². The van der Waals surface area contributed by atoms with Crippen LogP contribution in [0.25, 0.3) is 0 Å². The molecule has 18 heavy (non-hydrogen) atoms. The highest BCUT2D eigenvalue weighted by Gasteiger charge is 2.20. The number of hydrogen-bond donors (Lipinski definition) is 1. The van der Waals surface area contributed by atoms with Crippen LogP contribution >= 0.6 is 0 Å². The van der Waals surface area contributed by atoms with Crippen LogP contribution in [-0.2, 0) is 13.0 Å². The molecule has 2 aliphatic heterocycles. The Labute approximate surface area is 110 Å². The van der Waals surface area contributed by atoms with Crippen molar-refractivity contribution < 1.29 is 0 Å². The number of benzene rings is 1. The van der Waals surface area contributed by atoms with Gasteiger partial charge in [-0.3, -0.25) is 0 Å². The average molecular weight is 245 g/mol. The van der Waals surface area contributed by atoms with Crippen molar-refractivity contribution in [2.45, 2.75) is 19.9 Å². The van der Waals surface area contributed by atoms with Crippen molar-refractivity contribution in [1.29, 1.82) is 0 Å². The van der Waals surface area contributed by atoms with E-state index < -0.39 is 0 Å². The van der Waals surface area contributed by atoms with E-state index in [0.717, 1.165) is 13.1 Å². The third-order valence-electron chi connectivity index (χ3n) is 4.28. The second kappa shape index (κ2) is 5.29. The molecule has 1 saturated heterocycles. The van der Waals surface area contributed by atoms with Crippen molar-refractivity contribution in [2.75, 3.05) is 44.2 Å². The van der Waals surface area contributed by atoms with Crippen LogP contribution in [0.4, 0.5) is 5.69 Å². The number of nitrogens with zero attached hydrogens (tertiary/aromatic N) is 2. The van der Waals surface area contributed by atoms with Gasteiger partial charge in [0.1, 0.15) is 0 Å². The van der Waals surface area contributed by atoms with E-state index in [1.54, 1.807) is 5.56 Å². The Bertz CT molecular complexity index is 408. The number of likely N-dealkylation sites (N-methyl/N-ethyl adjacent to an activating group) is 1. The predicted octanol–water partition coefficient (Wildman–Crippen LogP) is 1.47. The molecule has 0 atom stereocenters. The second-order valence-electron chi connectivity index (χ2n) is 5.26. The number of hydrogen-bond acceptors (Lipinski definition) is 3. The van der Waals surface area contributed by atoms with Crippen LogP contribution in [0.3, 0.4) is 0 Å². The van der Waals surface area contributed by atoms with Gasteiger partial charge in [0, 0.05) is 38.4 Å². The summed E-state index contributed by atoms with van der Waals surface area (Å²) in [6.45, 7) is 10.4. The van der Waals surface area contributed by atoms with Crippen molar-refractivity contribution in [3.63, 3.8) is 0 Å². The normalized spacial score (nSPS) is 20.8. The molecule has 2 aliphatic rings. The van der Waals surface area contributed by atoms with Crippen LogP contribution in [0.15, 0.2) is 18.2 Å². The van der Waals surface area contributed by atoms with Crippen molar-refractivity contribution in [3.8, 4) is 0 Å². The predicted molar refractivity (Wildman–Crippen MR) is 76.2 cm³/mol. The molecule has 0 amide bonds. The van der Waals surface area contributed by atoms with Gasteiger partial charge in [-0.1, -0.05) is 19.1 Å². The Balaban J connectivity index is 1.80. The molecule has 0 unspecified atom stereocenters. The highest BCUT2D eigenvalue weighted by atomic mass is 15.3. The summed E-state index contributed by atoms with van der Waals surface area (Å²) in [7, 11) is 0. The van der Waals surface area contributed by atoms with E-state index in [0.29, 0.717) is 0 Å². The molecule has 3 rings (SSSR count). The van der Waals surface area contributed by atoms with Gasteiger partial charge in [0.2, 0.25) is 0 Å². The number of rotatable bonds is 2. The minimum atomic E-state index is 1.04. The molecule has 1 fully saturated rings. The largest absolute Gasteiger partial charge is 0.369 e. The first kappa shape index (κ1) is 12.0. The molecule has 1 aromatic carbocycles. The molecule has 1 N–H and O–H groups in total. The van der Waals surface area contributed by atoms with Crippen molar-refractivity contribution in [2.24, 2.45) is 0 Å². The first-order valence-corrected chi connectivity index (χ1v) is 7.17. The summed E-state index contributed by atoms with van der Waals surface area (Å²) in [5, 5.41) is 3.46. The lowest BCUT2D eigenvalue weighted by atomic mass is 9.98. The summed E-state index contributed by atoms with van der Waals surface area (Å²) in [5.74, 6) is 0. The molecule has 0 bridgehead atoms. The number of piperazine rings is 1. The van der Waals surface area contributed by atoms with Gasteiger partial charge in [0.25, 0.3) is 0 Å². The molecular formula is C15H23N3. The maximum absolute atomic E-state index is 3.46. The molecule has 3 nitrogen and oxygen atoms in total. The Hall–Kier alpha value is -1.06. The zero-order valence-electron chi connectivity index (χ0n) is 11.3. The monoisotopic (exact) mass is 245 g/mol. The topological polar surface area (TPSA) is 18.5 Å². The Morgan fingerprint density at radius 1 is 1.17 bits per heavy atom. The third-order valence-corrected chi connectivity index (χ3v) is 4.28. The maximum atomic E-state index is 3.46. The van der Waals surface area contributed by atoms with E-state index in [-0.39, 0.29) is 0 Å². The van der Waals surface area contributed by atoms with Crippen LogP contribution in [-0.4, -0.2) is 44.2 Å². The quantitative estimate of drug-likeness (QED) is 0.851. The van der Waals surface area contributed by atoms with Gasteiger partial charge < -0.3 is 15.1 Å². The van der Waals surface area contributed by atoms with E-state index in [1.165, 1.54) is 50.4 Å². The van der Waals surface area contributed by atoms with E-state index in [2.05, 4.69) is 40.2 Å². The molecule has 0 aromatic heterocycles. The number of nitrogens with one attached hydrogen (secondary N) is 1. The minimum absolute atomic E-state index is 1.04. The van der Waals surface area contributed by atoms with E-state index in [1.807, 2.05) is 0 Å². The highest BCUT2D eigenvalue weighted by molar-refractivity contribution is 5.58. The zero-order chi connectivity index (χ0) is 12.4. The zero-order valence-corrected chi connectivity index (χ0v) is 11.3. The van der Waals surface area contributed by atoms with Gasteiger partial charge in [-0.2, -0.15) is 0 Å². The fourth-order valence-electron chi connectivity index (χ4n) is 3.11. The SMILES string of the molecule is CCN1CCN(c2cccc3c2CCNC3)CC1. The van der Waals surface area contributed by atoms with Crippen LogP contribution in [0.1, 0.15) is 18.1 Å². The van der Waals surface area contributed by atoms with Crippen LogP contribution in [0, 0.1) is 0 Å². The summed E-state index contributed by atoms with van der Waals surface area (Å²) in [6.07, 6.45) is 1.18. The molecule has 0 saturated carbocycles. The summed E-state index contributed by atoms with van der Waals surface area (Å²) in [4.78, 5) is 5.11. The molecule has 98 valence electrons. The minimum Gasteiger partial charge on any atom is -0.369 e. The Morgan fingerprint density at radius 2 is 2.00 bits per heavy atom. The molecule has 2 heterocycles. The summed E-state index contributed by atoms with van der Waals surface area (Å²) in [5.41, 5.74) is 4.57. The van der Waals surface area contributed by atoms with Gasteiger partial charge in [-0.05, 0) is 36.7 Å². The molecule has 0 spiro atoms. The number of fused-ring (bicyclic) bond motifs is 1. The van der Waals surface area contributed by atoms with Gasteiger partial charge >= 0.3 is 0 Å². The first-order valence-electron chi connectivity index (χ1n) is 7.17. The van der Waals surface area contributed by atoms with Crippen molar-refractivity contribution >= 4 is 5.69 Å². The summed E-state index contributed by atoms with van der Waals surface area (Å²) < 4.78 is 0. The summed E-state index contributed by atoms with van der Waals surface area (Å²) >= 11 is 0. The first-order chi connectivity index (χ1) is 8.88. The van der Waals surface area contributed by atoms with Gasteiger partial charge in [0.05, 0.1) is 0 Å². The third kappa shape index (κ3) is 2.25. The fourth-order valence-corrected chi connectivity index (χ4v) is 3.11. The molecular weight excluding hydrogens is 222 g/mol. The lowest BCUT2D eigenvalue weighted by Crippen LogP contribution is -2.46. The fraction of sp³-hybridized carbons (Fsp3) is 0.600. The molecule has 0 aliphatic carbocycles. The van der Waals surface area contributed by atoms with Gasteiger partial charge in [0.15, 0.2) is 0 Å². The van der Waals surface area contributed by atoms with Crippen molar-refractivity contribution in [3.05, 3.63) is 29.3 Å². The highest BCUT2D eigenvalue weighted by Crippen LogP contribution is 2.27. The Kier molecular flexibility index (Phi) is 3.52. The lowest BCUT2D eigenvalue weighted by molar-refractivity contribution is 0.271. The summed E-state index contributed by atoms with van der Waals surface area (Å²) in [6, 6.07) is 6.80. The van der Waals surface area contributed by atoms with Crippen LogP contribution < -0.4 is 10.2 Å². The molecule has 3 heteroatoms. The standard InChI is InChI=1S/C15H23N3/c1-2-17-8-10-18(11-9-17)15-5-3-4-13-12-16-7-6-14(13)15/h3-5,16H,2,6-12H2,1H3. The van der Waals surface area contributed by atoms with Crippen LogP contribution in [0.2, 0.25) is 0 Å².